The Morgan fingerprint density at radius 1 is 1.15 bits per heavy atom. The molecule has 0 saturated carbocycles. The second-order valence-electron chi connectivity index (χ2n) is 6.10. The van der Waals surface area contributed by atoms with Gasteiger partial charge in [0.2, 0.25) is 0 Å². The lowest BCUT2D eigenvalue weighted by atomic mass is 10.1. The van der Waals surface area contributed by atoms with Crippen molar-refractivity contribution >= 4 is 12.1 Å². The number of nitrogens with zero attached hydrogens (tertiary/aromatic N) is 3. The van der Waals surface area contributed by atoms with Gasteiger partial charge in [0.25, 0.3) is 0 Å². The van der Waals surface area contributed by atoms with Gasteiger partial charge in [-0.15, -0.1) is 0 Å². The molecular formula is C19H30N4O3. The molecule has 0 aliphatic carbocycles. The number of aryl methyl sites for hydroxylation is 1. The van der Waals surface area contributed by atoms with Gasteiger partial charge in [0, 0.05) is 39.8 Å². The van der Waals surface area contributed by atoms with Crippen LogP contribution >= 0.6 is 0 Å². The fraction of sp³-hybridized carbons (Fsp3) is 0.579. The van der Waals surface area contributed by atoms with Crippen molar-refractivity contribution in [2.45, 2.75) is 19.8 Å². The lowest BCUT2D eigenvalue weighted by Crippen LogP contribution is -2.54. The predicted octanol–water partition coefficient (Wildman–Crippen LogP) is 1.98. The van der Waals surface area contributed by atoms with E-state index in [2.05, 4.69) is 27.3 Å². The molecule has 1 heterocycles. The van der Waals surface area contributed by atoms with Gasteiger partial charge in [-0.05, 0) is 37.5 Å². The van der Waals surface area contributed by atoms with E-state index in [0.717, 1.165) is 44.2 Å². The minimum absolute atomic E-state index is 0.227. The maximum atomic E-state index is 11.8. The number of piperazine rings is 1. The highest BCUT2D eigenvalue weighted by molar-refractivity contribution is 5.80. The average Bonchev–Trinajstić information content (AvgIpc) is 2.69. The van der Waals surface area contributed by atoms with Gasteiger partial charge in [-0.25, -0.2) is 4.79 Å². The first-order valence-electron chi connectivity index (χ1n) is 9.18. The SMILES string of the molecule is CCOC(=O)N1CCN(C(=NC)NCCCc2ccc(OC)cc2)CC1. The standard InChI is InChI=1S/C19H30N4O3/c1-4-26-19(24)23-14-12-22(13-15-23)18(20-2)21-11-5-6-16-7-9-17(25-3)10-8-16/h7-10H,4-6,11-15H2,1-3H3,(H,20,21). The average molecular weight is 362 g/mol. The zero-order valence-corrected chi connectivity index (χ0v) is 16.0. The van der Waals surface area contributed by atoms with Gasteiger partial charge >= 0.3 is 6.09 Å². The Kier molecular flexibility index (Phi) is 8.05. The molecule has 1 aliphatic rings. The molecule has 0 atom stereocenters. The van der Waals surface area contributed by atoms with Gasteiger partial charge < -0.3 is 24.6 Å². The first-order chi connectivity index (χ1) is 12.7. The van der Waals surface area contributed by atoms with Crippen LogP contribution in [0.1, 0.15) is 18.9 Å². The van der Waals surface area contributed by atoms with E-state index < -0.39 is 0 Å². The molecule has 144 valence electrons. The topological polar surface area (TPSA) is 66.4 Å². The molecule has 26 heavy (non-hydrogen) atoms. The summed E-state index contributed by atoms with van der Waals surface area (Å²) in [6.07, 6.45) is 1.80. The molecule has 7 heteroatoms. The zero-order chi connectivity index (χ0) is 18.8. The maximum Gasteiger partial charge on any atom is 0.409 e. The van der Waals surface area contributed by atoms with Crippen LogP contribution in [0.5, 0.6) is 5.75 Å². The number of hydrogen-bond acceptors (Lipinski definition) is 4. The van der Waals surface area contributed by atoms with Crippen molar-refractivity contribution in [1.29, 1.82) is 0 Å². The van der Waals surface area contributed by atoms with E-state index >= 15 is 0 Å². The van der Waals surface area contributed by atoms with Crippen LogP contribution in [0.2, 0.25) is 0 Å². The molecule has 1 fully saturated rings. The monoisotopic (exact) mass is 362 g/mol. The van der Waals surface area contributed by atoms with E-state index in [9.17, 15) is 4.79 Å². The Hall–Kier alpha value is -2.44. The molecule has 0 aromatic heterocycles. The number of rotatable bonds is 6. The number of aliphatic imine (C=N–C) groups is 1. The van der Waals surface area contributed by atoms with Crippen molar-refractivity contribution < 1.29 is 14.3 Å². The van der Waals surface area contributed by atoms with Crippen molar-refractivity contribution in [2.24, 2.45) is 4.99 Å². The number of nitrogens with one attached hydrogen (secondary N) is 1. The van der Waals surface area contributed by atoms with Gasteiger partial charge in [0.1, 0.15) is 5.75 Å². The summed E-state index contributed by atoms with van der Waals surface area (Å²) in [7, 11) is 3.47. The number of benzene rings is 1. The van der Waals surface area contributed by atoms with E-state index in [1.807, 2.05) is 19.1 Å². The largest absolute Gasteiger partial charge is 0.497 e. The first kappa shape index (κ1) is 19.9. The molecule has 1 aliphatic heterocycles. The molecular weight excluding hydrogens is 332 g/mol. The van der Waals surface area contributed by atoms with Crippen molar-refractivity contribution in [3.05, 3.63) is 29.8 Å². The summed E-state index contributed by atoms with van der Waals surface area (Å²) in [5.74, 6) is 1.78. The molecule has 1 amide bonds. The van der Waals surface area contributed by atoms with Crippen LogP contribution in [0, 0.1) is 0 Å². The highest BCUT2D eigenvalue weighted by atomic mass is 16.6. The summed E-state index contributed by atoms with van der Waals surface area (Å²) in [4.78, 5) is 20.1. The second-order valence-corrected chi connectivity index (χ2v) is 6.10. The van der Waals surface area contributed by atoms with Crippen LogP contribution < -0.4 is 10.1 Å². The normalized spacial score (nSPS) is 15.0. The molecule has 1 aromatic rings. The Balaban J connectivity index is 1.70. The number of hydrogen-bond donors (Lipinski definition) is 1. The number of carbonyl (C=O) groups excluding carboxylic acids is 1. The van der Waals surface area contributed by atoms with Crippen molar-refractivity contribution in [3.8, 4) is 5.75 Å². The number of carbonyl (C=O) groups is 1. The maximum absolute atomic E-state index is 11.8. The third-order valence-corrected chi connectivity index (χ3v) is 4.40. The number of methoxy groups -OCH3 is 1. The lowest BCUT2D eigenvalue weighted by Gasteiger charge is -2.35. The van der Waals surface area contributed by atoms with E-state index in [-0.39, 0.29) is 6.09 Å². The molecule has 0 bridgehead atoms. The van der Waals surface area contributed by atoms with Gasteiger partial charge in [-0.2, -0.15) is 0 Å². The lowest BCUT2D eigenvalue weighted by molar-refractivity contribution is 0.0914. The highest BCUT2D eigenvalue weighted by Gasteiger charge is 2.23. The molecule has 0 radical (unpaired) electrons. The number of ether oxygens (including phenoxy) is 2. The van der Waals surface area contributed by atoms with Crippen molar-refractivity contribution in [3.63, 3.8) is 0 Å². The Labute approximate surface area is 156 Å². The van der Waals surface area contributed by atoms with Crippen molar-refractivity contribution in [1.82, 2.24) is 15.1 Å². The van der Waals surface area contributed by atoms with E-state index in [4.69, 9.17) is 9.47 Å². The number of amides is 1. The fourth-order valence-corrected chi connectivity index (χ4v) is 2.93. The summed E-state index contributed by atoms with van der Waals surface area (Å²) < 4.78 is 10.2. The predicted molar refractivity (Wildman–Crippen MR) is 103 cm³/mol. The summed E-state index contributed by atoms with van der Waals surface area (Å²) in [6.45, 7) is 5.93. The second kappa shape index (κ2) is 10.5. The molecule has 1 N–H and O–H groups in total. The smallest absolute Gasteiger partial charge is 0.409 e. The van der Waals surface area contributed by atoms with Gasteiger partial charge in [0.05, 0.1) is 13.7 Å². The van der Waals surface area contributed by atoms with Crippen LogP contribution in [-0.2, 0) is 11.2 Å². The summed E-state index contributed by atoms with van der Waals surface area (Å²) >= 11 is 0. The van der Waals surface area contributed by atoms with Crippen LogP contribution in [0.3, 0.4) is 0 Å². The Morgan fingerprint density at radius 3 is 2.38 bits per heavy atom. The third-order valence-electron chi connectivity index (χ3n) is 4.40. The number of guanidine groups is 1. The molecule has 0 spiro atoms. The summed E-state index contributed by atoms with van der Waals surface area (Å²) in [5, 5.41) is 3.42. The van der Waals surface area contributed by atoms with Gasteiger partial charge in [-0.1, -0.05) is 12.1 Å². The first-order valence-corrected chi connectivity index (χ1v) is 9.18. The minimum atomic E-state index is -0.227. The highest BCUT2D eigenvalue weighted by Crippen LogP contribution is 2.12. The van der Waals surface area contributed by atoms with Crippen LogP contribution in [0.4, 0.5) is 4.79 Å². The molecule has 1 saturated heterocycles. The van der Waals surface area contributed by atoms with Gasteiger partial charge in [0.15, 0.2) is 5.96 Å². The summed E-state index contributed by atoms with van der Waals surface area (Å²) in [6, 6.07) is 8.18. The van der Waals surface area contributed by atoms with Crippen molar-refractivity contribution in [2.75, 3.05) is 53.5 Å². The Morgan fingerprint density at radius 2 is 1.81 bits per heavy atom. The fourth-order valence-electron chi connectivity index (χ4n) is 2.93. The summed E-state index contributed by atoms with van der Waals surface area (Å²) in [5.41, 5.74) is 1.30. The van der Waals surface area contributed by atoms with Crippen LogP contribution in [0.15, 0.2) is 29.3 Å². The van der Waals surface area contributed by atoms with Crippen LogP contribution in [0.25, 0.3) is 0 Å². The molecule has 0 unspecified atom stereocenters. The molecule has 2 rings (SSSR count). The van der Waals surface area contributed by atoms with E-state index in [1.54, 1.807) is 19.1 Å². The minimum Gasteiger partial charge on any atom is -0.497 e. The molecule has 7 nitrogen and oxygen atoms in total. The Bertz CT molecular complexity index is 581. The van der Waals surface area contributed by atoms with E-state index in [0.29, 0.717) is 19.7 Å². The van der Waals surface area contributed by atoms with Crippen LogP contribution in [-0.4, -0.2) is 75.3 Å². The van der Waals surface area contributed by atoms with E-state index in [1.165, 1.54) is 5.56 Å². The van der Waals surface area contributed by atoms with Gasteiger partial charge in [-0.3, -0.25) is 4.99 Å². The zero-order valence-electron chi connectivity index (χ0n) is 16.0. The molecule has 1 aromatic carbocycles. The quantitative estimate of drug-likeness (QED) is 0.476. The third kappa shape index (κ3) is 5.82.